The highest BCUT2D eigenvalue weighted by Crippen LogP contribution is 2.19. The highest BCUT2D eigenvalue weighted by Gasteiger charge is 2.05. The summed E-state index contributed by atoms with van der Waals surface area (Å²) in [5.41, 5.74) is 2.63. The van der Waals surface area contributed by atoms with Crippen molar-refractivity contribution in [3.8, 4) is 0 Å². The van der Waals surface area contributed by atoms with Crippen LogP contribution in [0.5, 0.6) is 0 Å². The quantitative estimate of drug-likeness (QED) is 0.487. The molecule has 2 rings (SSSR count). The summed E-state index contributed by atoms with van der Waals surface area (Å²) in [7, 11) is 1.38. The van der Waals surface area contributed by atoms with E-state index in [1.807, 2.05) is 25.1 Å². The minimum absolute atomic E-state index is 0.318. The van der Waals surface area contributed by atoms with Crippen molar-refractivity contribution in [2.24, 2.45) is 0 Å². The van der Waals surface area contributed by atoms with Crippen LogP contribution in [0.3, 0.4) is 0 Å². The summed E-state index contributed by atoms with van der Waals surface area (Å²) >= 11 is 1.57. The molecule has 19 heavy (non-hydrogen) atoms. The molecule has 0 N–H and O–H groups in total. The number of ether oxygens (including phenoxy) is 1. The fraction of sp³-hybridized carbons (Fsp3) is 0.214. The molecule has 5 heteroatoms. The van der Waals surface area contributed by atoms with E-state index in [1.54, 1.807) is 30.1 Å². The fourth-order valence-electron chi connectivity index (χ4n) is 1.50. The molecule has 0 spiro atoms. The van der Waals surface area contributed by atoms with Gasteiger partial charge in [0.2, 0.25) is 0 Å². The molecule has 0 radical (unpaired) electrons. The highest BCUT2D eigenvalue weighted by atomic mass is 32.2. The third kappa shape index (κ3) is 3.79. The van der Waals surface area contributed by atoms with Crippen LogP contribution >= 0.6 is 11.8 Å². The molecule has 0 aliphatic heterocycles. The zero-order valence-corrected chi connectivity index (χ0v) is 11.6. The summed E-state index contributed by atoms with van der Waals surface area (Å²) in [4.78, 5) is 19.8. The summed E-state index contributed by atoms with van der Waals surface area (Å²) in [5, 5.41) is 0.761. The Kier molecular flexibility index (Phi) is 4.52. The summed E-state index contributed by atoms with van der Waals surface area (Å²) in [5.74, 6) is 0.450. The molecule has 0 amide bonds. The number of esters is 1. The molecule has 0 unspecified atom stereocenters. The number of carbonyl (C=O) groups excluding carboxylic acids is 1. The lowest BCUT2D eigenvalue weighted by Crippen LogP contribution is -2.00. The molecule has 0 fully saturated rings. The van der Waals surface area contributed by atoms with Crippen molar-refractivity contribution in [3.63, 3.8) is 0 Å². The molecular formula is C14H14N2O2S. The van der Waals surface area contributed by atoms with E-state index in [9.17, 15) is 4.79 Å². The van der Waals surface area contributed by atoms with Gasteiger partial charge in [-0.1, -0.05) is 23.9 Å². The first-order valence-corrected chi connectivity index (χ1v) is 6.77. The van der Waals surface area contributed by atoms with Gasteiger partial charge in [0.25, 0.3) is 0 Å². The summed E-state index contributed by atoms with van der Waals surface area (Å²) < 4.78 is 4.65. The minimum atomic E-state index is -0.318. The molecule has 1 aromatic heterocycles. The van der Waals surface area contributed by atoms with Crippen LogP contribution in [0.2, 0.25) is 0 Å². The van der Waals surface area contributed by atoms with Gasteiger partial charge in [-0.2, -0.15) is 0 Å². The molecule has 0 atom stereocenters. The molecule has 1 heterocycles. The molecular weight excluding hydrogens is 260 g/mol. The number of carbonyl (C=O) groups is 1. The van der Waals surface area contributed by atoms with Gasteiger partial charge in [-0.15, -0.1) is 0 Å². The average Bonchev–Trinajstić information content (AvgIpc) is 2.45. The third-order valence-corrected chi connectivity index (χ3v) is 3.45. The van der Waals surface area contributed by atoms with Crippen LogP contribution in [0.25, 0.3) is 0 Å². The number of benzene rings is 1. The normalized spacial score (nSPS) is 10.2. The predicted octanol–water partition coefficient (Wildman–Crippen LogP) is 2.86. The molecule has 0 bridgehead atoms. The van der Waals surface area contributed by atoms with Gasteiger partial charge in [-0.05, 0) is 30.7 Å². The third-order valence-electron chi connectivity index (χ3n) is 2.52. The SMILES string of the molecule is COC(=O)c1ccc(CSc2nccc(C)n2)cc1. The summed E-state index contributed by atoms with van der Waals surface area (Å²) in [6.07, 6.45) is 1.75. The maximum absolute atomic E-state index is 11.3. The molecule has 1 aromatic carbocycles. The Balaban J connectivity index is 1.98. The predicted molar refractivity (Wildman–Crippen MR) is 74.1 cm³/mol. The van der Waals surface area contributed by atoms with Crippen LogP contribution in [0.1, 0.15) is 21.6 Å². The van der Waals surface area contributed by atoms with Crippen molar-refractivity contribution in [1.29, 1.82) is 0 Å². The first-order chi connectivity index (χ1) is 9.19. The Morgan fingerprint density at radius 3 is 2.63 bits per heavy atom. The van der Waals surface area contributed by atoms with E-state index < -0.39 is 0 Å². The zero-order chi connectivity index (χ0) is 13.7. The Bertz CT molecular complexity index is 570. The number of hydrogen-bond donors (Lipinski definition) is 0. The van der Waals surface area contributed by atoms with Crippen molar-refractivity contribution in [1.82, 2.24) is 9.97 Å². The second-order valence-corrected chi connectivity index (χ2v) is 4.90. The first kappa shape index (κ1) is 13.5. The van der Waals surface area contributed by atoms with Crippen molar-refractivity contribution >= 4 is 17.7 Å². The smallest absolute Gasteiger partial charge is 0.337 e. The first-order valence-electron chi connectivity index (χ1n) is 5.79. The number of nitrogens with zero attached hydrogens (tertiary/aromatic N) is 2. The number of aryl methyl sites for hydroxylation is 1. The molecule has 2 aromatic rings. The minimum Gasteiger partial charge on any atom is -0.465 e. The molecule has 0 aliphatic rings. The Morgan fingerprint density at radius 2 is 2.00 bits per heavy atom. The number of rotatable bonds is 4. The van der Waals surface area contributed by atoms with E-state index in [-0.39, 0.29) is 5.97 Å². The topological polar surface area (TPSA) is 52.1 Å². The maximum Gasteiger partial charge on any atom is 0.337 e. The van der Waals surface area contributed by atoms with Gasteiger partial charge in [0.15, 0.2) is 5.16 Å². The average molecular weight is 274 g/mol. The van der Waals surface area contributed by atoms with E-state index in [4.69, 9.17) is 0 Å². The van der Waals surface area contributed by atoms with Gasteiger partial charge in [-0.3, -0.25) is 0 Å². The molecule has 4 nitrogen and oxygen atoms in total. The van der Waals surface area contributed by atoms with Gasteiger partial charge in [0, 0.05) is 17.6 Å². The lowest BCUT2D eigenvalue weighted by molar-refractivity contribution is 0.0600. The van der Waals surface area contributed by atoms with Crippen LogP contribution in [0.15, 0.2) is 41.7 Å². The largest absolute Gasteiger partial charge is 0.465 e. The Morgan fingerprint density at radius 1 is 1.26 bits per heavy atom. The van der Waals surface area contributed by atoms with Crippen molar-refractivity contribution in [2.75, 3.05) is 7.11 Å². The maximum atomic E-state index is 11.3. The number of methoxy groups -OCH3 is 1. The van der Waals surface area contributed by atoms with Crippen molar-refractivity contribution < 1.29 is 9.53 Å². The Hall–Kier alpha value is -1.88. The van der Waals surface area contributed by atoms with E-state index in [1.165, 1.54) is 7.11 Å². The number of hydrogen-bond acceptors (Lipinski definition) is 5. The van der Waals surface area contributed by atoms with Gasteiger partial charge in [-0.25, -0.2) is 14.8 Å². The summed E-state index contributed by atoms with van der Waals surface area (Å²) in [6.45, 7) is 1.94. The molecule has 0 saturated carbocycles. The molecule has 0 saturated heterocycles. The number of aromatic nitrogens is 2. The van der Waals surface area contributed by atoms with Crippen molar-refractivity contribution in [2.45, 2.75) is 17.8 Å². The van der Waals surface area contributed by atoms with Gasteiger partial charge in [0.05, 0.1) is 12.7 Å². The van der Waals surface area contributed by atoms with Gasteiger partial charge < -0.3 is 4.74 Å². The van der Waals surface area contributed by atoms with Crippen LogP contribution in [-0.2, 0) is 10.5 Å². The van der Waals surface area contributed by atoms with Crippen LogP contribution < -0.4 is 0 Å². The highest BCUT2D eigenvalue weighted by molar-refractivity contribution is 7.98. The van der Waals surface area contributed by atoms with Crippen LogP contribution in [0, 0.1) is 6.92 Å². The number of thioether (sulfide) groups is 1. The second-order valence-electron chi connectivity index (χ2n) is 3.96. The van der Waals surface area contributed by atoms with Crippen LogP contribution in [0.4, 0.5) is 0 Å². The van der Waals surface area contributed by atoms with E-state index in [0.717, 1.165) is 22.2 Å². The standard InChI is InChI=1S/C14H14N2O2S/c1-10-7-8-15-14(16-10)19-9-11-3-5-12(6-4-11)13(17)18-2/h3-8H,9H2,1-2H3. The fourth-order valence-corrected chi connectivity index (χ4v) is 2.33. The second kappa shape index (κ2) is 6.33. The lowest BCUT2D eigenvalue weighted by atomic mass is 10.1. The van der Waals surface area contributed by atoms with Gasteiger partial charge >= 0.3 is 5.97 Å². The zero-order valence-electron chi connectivity index (χ0n) is 10.8. The van der Waals surface area contributed by atoms with Gasteiger partial charge in [0.1, 0.15) is 0 Å². The van der Waals surface area contributed by atoms with Crippen molar-refractivity contribution in [3.05, 3.63) is 53.3 Å². The van der Waals surface area contributed by atoms with E-state index in [2.05, 4.69) is 14.7 Å². The summed E-state index contributed by atoms with van der Waals surface area (Å²) in [6, 6.07) is 9.22. The van der Waals surface area contributed by atoms with E-state index in [0.29, 0.717) is 5.56 Å². The molecule has 0 aliphatic carbocycles. The monoisotopic (exact) mass is 274 g/mol. The lowest BCUT2D eigenvalue weighted by Gasteiger charge is -2.03. The van der Waals surface area contributed by atoms with E-state index >= 15 is 0 Å². The Labute approximate surface area is 116 Å². The van der Waals surface area contributed by atoms with Crippen LogP contribution in [-0.4, -0.2) is 23.0 Å². The molecule has 98 valence electrons.